The number of hydrogen-bond donors (Lipinski definition) is 2. The average Bonchev–Trinajstić information content (AvgIpc) is 2.19. The van der Waals surface area contributed by atoms with E-state index in [0.717, 1.165) is 18.0 Å². The molecule has 1 aromatic rings. The van der Waals surface area contributed by atoms with Gasteiger partial charge in [0.15, 0.2) is 0 Å². The van der Waals surface area contributed by atoms with Crippen LogP contribution in [0.2, 0.25) is 0 Å². The van der Waals surface area contributed by atoms with Crippen LogP contribution in [0.4, 0.5) is 11.4 Å². The molecule has 0 spiro atoms. The van der Waals surface area contributed by atoms with Crippen molar-refractivity contribution in [1.29, 1.82) is 0 Å². The van der Waals surface area contributed by atoms with Gasteiger partial charge in [0.2, 0.25) is 0 Å². The van der Waals surface area contributed by atoms with E-state index >= 15 is 0 Å². The zero-order valence-electron chi connectivity index (χ0n) is 9.71. The fraction of sp³-hybridized carbons (Fsp3) is 0.500. The van der Waals surface area contributed by atoms with Gasteiger partial charge in [-0.3, -0.25) is 0 Å². The van der Waals surface area contributed by atoms with Gasteiger partial charge in [-0.05, 0) is 38.5 Å². The van der Waals surface area contributed by atoms with Gasteiger partial charge < -0.3 is 15.8 Å². The van der Waals surface area contributed by atoms with Crippen molar-refractivity contribution in [1.82, 2.24) is 0 Å². The second kappa shape index (κ2) is 5.61. The Morgan fingerprint density at radius 2 is 2.20 bits per heavy atom. The Hall–Kier alpha value is -1.22. The Labute approximate surface area is 91.6 Å². The third-order valence-electron chi connectivity index (χ3n) is 2.18. The number of nitrogens with one attached hydrogen (secondary N) is 1. The summed E-state index contributed by atoms with van der Waals surface area (Å²) in [7, 11) is 0. The van der Waals surface area contributed by atoms with Gasteiger partial charge in [-0.1, -0.05) is 6.07 Å². The highest BCUT2D eigenvalue weighted by Gasteiger charge is 2.04. The highest BCUT2D eigenvalue weighted by molar-refractivity contribution is 5.67. The van der Waals surface area contributed by atoms with Crippen LogP contribution in [0.3, 0.4) is 0 Å². The predicted molar refractivity (Wildman–Crippen MR) is 65.2 cm³/mol. The summed E-state index contributed by atoms with van der Waals surface area (Å²) in [4.78, 5) is 0. The number of nitrogens with two attached hydrogens (primary N) is 1. The van der Waals surface area contributed by atoms with E-state index in [1.54, 1.807) is 0 Å². The maximum absolute atomic E-state index is 5.90. The Kier molecular flexibility index (Phi) is 4.43. The summed E-state index contributed by atoms with van der Waals surface area (Å²) in [5.41, 5.74) is 8.84. The van der Waals surface area contributed by atoms with E-state index in [4.69, 9.17) is 10.5 Å². The van der Waals surface area contributed by atoms with Gasteiger partial charge in [-0.2, -0.15) is 0 Å². The second-order valence-corrected chi connectivity index (χ2v) is 3.80. The number of anilines is 2. The molecule has 15 heavy (non-hydrogen) atoms. The van der Waals surface area contributed by atoms with E-state index in [9.17, 15) is 0 Å². The van der Waals surface area contributed by atoms with Gasteiger partial charge in [0, 0.05) is 12.6 Å². The van der Waals surface area contributed by atoms with E-state index in [0.29, 0.717) is 6.61 Å². The van der Waals surface area contributed by atoms with Crippen molar-refractivity contribution < 1.29 is 4.74 Å². The minimum Gasteiger partial charge on any atom is -0.397 e. The van der Waals surface area contributed by atoms with Crippen molar-refractivity contribution in [2.45, 2.75) is 26.8 Å². The first-order chi connectivity index (χ1) is 7.13. The summed E-state index contributed by atoms with van der Waals surface area (Å²) in [6.45, 7) is 7.55. The van der Waals surface area contributed by atoms with Crippen molar-refractivity contribution >= 4 is 11.4 Å². The van der Waals surface area contributed by atoms with Crippen LogP contribution in [-0.4, -0.2) is 19.3 Å². The molecule has 1 aromatic carbocycles. The molecule has 1 rings (SSSR count). The summed E-state index contributed by atoms with van der Waals surface area (Å²) in [5, 5.41) is 3.32. The lowest BCUT2D eigenvalue weighted by molar-refractivity contribution is 0.141. The summed E-state index contributed by atoms with van der Waals surface area (Å²) in [5.74, 6) is 0. The Bertz CT molecular complexity index is 312. The van der Waals surface area contributed by atoms with E-state index in [2.05, 4.69) is 12.2 Å². The maximum Gasteiger partial charge on any atom is 0.0664 e. The molecule has 0 bridgehead atoms. The predicted octanol–water partition coefficient (Wildman–Crippen LogP) is 2.41. The lowest BCUT2D eigenvalue weighted by Crippen LogP contribution is -2.22. The normalized spacial score (nSPS) is 12.5. The zero-order valence-corrected chi connectivity index (χ0v) is 9.71. The second-order valence-electron chi connectivity index (χ2n) is 3.80. The summed E-state index contributed by atoms with van der Waals surface area (Å²) in [6, 6.07) is 6.30. The number of ether oxygens (including phenoxy) is 1. The average molecular weight is 208 g/mol. The third kappa shape index (κ3) is 3.80. The van der Waals surface area contributed by atoms with Crippen LogP contribution < -0.4 is 11.1 Å². The van der Waals surface area contributed by atoms with E-state index in [1.165, 1.54) is 5.56 Å². The van der Waals surface area contributed by atoms with E-state index in [1.807, 2.05) is 32.0 Å². The molecule has 0 aliphatic rings. The molecule has 0 amide bonds. The SMILES string of the molecule is CCOCC(C)Nc1ccc(C)cc1N. The van der Waals surface area contributed by atoms with Crippen LogP contribution in [-0.2, 0) is 4.74 Å². The van der Waals surface area contributed by atoms with Gasteiger partial charge in [0.25, 0.3) is 0 Å². The molecule has 3 heteroatoms. The van der Waals surface area contributed by atoms with Crippen LogP contribution in [0.25, 0.3) is 0 Å². The van der Waals surface area contributed by atoms with E-state index < -0.39 is 0 Å². The topological polar surface area (TPSA) is 47.3 Å². The van der Waals surface area contributed by atoms with Gasteiger partial charge in [-0.25, -0.2) is 0 Å². The Morgan fingerprint density at radius 3 is 2.80 bits per heavy atom. The van der Waals surface area contributed by atoms with E-state index in [-0.39, 0.29) is 6.04 Å². The van der Waals surface area contributed by atoms with Gasteiger partial charge in [-0.15, -0.1) is 0 Å². The first kappa shape index (κ1) is 11.9. The smallest absolute Gasteiger partial charge is 0.0664 e. The molecule has 0 aromatic heterocycles. The molecule has 0 heterocycles. The van der Waals surface area contributed by atoms with Crippen molar-refractivity contribution in [3.05, 3.63) is 23.8 Å². The lowest BCUT2D eigenvalue weighted by Gasteiger charge is -2.16. The van der Waals surface area contributed by atoms with Crippen LogP contribution in [0.1, 0.15) is 19.4 Å². The fourth-order valence-corrected chi connectivity index (χ4v) is 1.42. The number of rotatable bonds is 5. The zero-order chi connectivity index (χ0) is 11.3. The quantitative estimate of drug-likeness (QED) is 0.730. The van der Waals surface area contributed by atoms with Crippen LogP contribution in [0.5, 0.6) is 0 Å². The minimum atomic E-state index is 0.273. The van der Waals surface area contributed by atoms with Crippen LogP contribution >= 0.6 is 0 Å². The molecule has 84 valence electrons. The van der Waals surface area contributed by atoms with Crippen LogP contribution in [0.15, 0.2) is 18.2 Å². The molecule has 0 saturated carbocycles. The standard InChI is InChI=1S/C12H20N2O/c1-4-15-8-10(3)14-12-6-5-9(2)7-11(12)13/h5-7,10,14H,4,8,13H2,1-3H3. The molecule has 1 unspecified atom stereocenters. The van der Waals surface area contributed by atoms with Gasteiger partial charge in [0.1, 0.15) is 0 Å². The minimum absolute atomic E-state index is 0.273. The lowest BCUT2D eigenvalue weighted by atomic mass is 10.2. The highest BCUT2D eigenvalue weighted by Crippen LogP contribution is 2.20. The number of aryl methyl sites for hydroxylation is 1. The molecule has 1 atom stereocenters. The maximum atomic E-state index is 5.90. The van der Waals surface area contributed by atoms with Crippen molar-refractivity contribution in [3.8, 4) is 0 Å². The molecule has 0 aliphatic heterocycles. The molecule has 3 nitrogen and oxygen atoms in total. The third-order valence-corrected chi connectivity index (χ3v) is 2.18. The number of nitrogen functional groups attached to an aromatic ring is 1. The largest absolute Gasteiger partial charge is 0.397 e. The number of hydrogen-bond acceptors (Lipinski definition) is 3. The van der Waals surface area contributed by atoms with Crippen molar-refractivity contribution in [2.24, 2.45) is 0 Å². The van der Waals surface area contributed by atoms with Crippen LogP contribution in [0, 0.1) is 6.92 Å². The first-order valence-corrected chi connectivity index (χ1v) is 5.34. The molecule has 0 fully saturated rings. The molecule has 3 N–H and O–H groups in total. The molecule has 0 saturated heterocycles. The molecule has 0 radical (unpaired) electrons. The van der Waals surface area contributed by atoms with Gasteiger partial charge >= 0.3 is 0 Å². The number of benzene rings is 1. The summed E-state index contributed by atoms with van der Waals surface area (Å²) in [6.07, 6.45) is 0. The van der Waals surface area contributed by atoms with Gasteiger partial charge in [0.05, 0.1) is 18.0 Å². The summed E-state index contributed by atoms with van der Waals surface area (Å²) >= 11 is 0. The Morgan fingerprint density at radius 1 is 1.47 bits per heavy atom. The first-order valence-electron chi connectivity index (χ1n) is 5.34. The van der Waals surface area contributed by atoms with Crippen molar-refractivity contribution in [3.63, 3.8) is 0 Å². The molecular formula is C12H20N2O. The van der Waals surface area contributed by atoms with Crippen molar-refractivity contribution in [2.75, 3.05) is 24.3 Å². The molecular weight excluding hydrogens is 188 g/mol. The monoisotopic (exact) mass is 208 g/mol. The highest BCUT2D eigenvalue weighted by atomic mass is 16.5. The summed E-state index contributed by atoms with van der Waals surface area (Å²) < 4.78 is 5.33. The Balaban J connectivity index is 2.56. The fourth-order valence-electron chi connectivity index (χ4n) is 1.42. The molecule has 0 aliphatic carbocycles.